The van der Waals surface area contributed by atoms with E-state index in [0.717, 1.165) is 77.8 Å². The van der Waals surface area contributed by atoms with Gasteiger partial charge in [-0.25, -0.2) is 4.79 Å². The van der Waals surface area contributed by atoms with E-state index in [1.165, 1.54) is 0 Å². The lowest BCUT2D eigenvalue weighted by Crippen LogP contribution is -2.72. The first-order valence-electron chi connectivity index (χ1n) is 40.5. The summed E-state index contributed by atoms with van der Waals surface area (Å²) in [5.74, 6) is -11.6. The number of nitrogens with zero attached hydrogens (tertiary/aromatic N) is 3. The Morgan fingerprint density at radius 3 is 1.25 bits per heavy atom. The third-order valence-electron chi connectivity index (χ3n) is 20.3. The zero-order valence-electron chi connectivity index (χ0n) is 69.9. The molecule has 662 valence electrons. The summed E-state index contributed by atoms with van der Waals surface area (Å²) in [6.45, 7) is 4.93. The largest absolute Gasteiger partial charge is 0.465 e. The van der Waals surface area contributed by atoms with Gasteiger partial charge in [-0.2, -0.15) is 0 Å². The topological polar surface area (TPSA) is 391 Å². The lowest BCUT2D eigenvalue weighted by atomic mass is 9.87. The number of ether oxygens (including phenoxy) is 21. The summed E-state index contributed by atoms with van der Waals surface area (Å²) in [6.07, 6.45) is -31.4. The Hall–Kier alpha value is -10.9. The molecular formula is C91H104N4O29. The zero-order chi connectivity index (χ0) is 87.9. The quantitative estimate of drug-likeness (QED) is 0.0122. The van der Waals surface area contributed by atoms with Crippen LogP contribution in [-0.4, -0.2) is 210 Å². The van der Waals surface area contributed by atoms with Crippen molar-refractivity contribution in [3.63, 3.8) is 0 Å². The molecule has 0 aliphatic carbocycles. The van der Waals surface area contributed by atoms with Gasteiger partial charge in [-0.15, -0.1) is 0 Å². The van der Waals surface area contributed by atoms with Gasteiger partial charge >= 0.3 is 41.8 Å². The van der Waals surface area contributed by atoms with E-state index >= 15 is 4.79 Å². The van der Waals surface area contributed by atoms with Gasteiger partial charge < -0.3 is 105 Å². The molecule has 4 aliphatic heterocycles. The van der Waals surface area contributed by atoms with Gasteiger partial charge in [-0.1, -0.05) is 217 Å². The number of benzene rings is 7. The maximum absolute atomic E-state index is 15.6. The van der Waals surface area contributed by atoms with E-state index in [4.69, 9.17) is 99.5 Å². The summed E-state index contributed by atoms with van der Waals surface area (Å²) in [4.78, 5) is 114. The number of rotatable bonds is 42. The summed E-state index contributed by atoms with van der Waals surface area (Å²) in [5, 5.41) is 7.12. The van der Waals surface area contributed by atoms with Gasteiger partial charge in [0.1, 0.15) is 79.8 Å². The van der Waals surface area contributed by atoms with Crippen molar-refractivity contribution in [1.82, 2.24) is 5.32 Å². The third kappa shape index (κ3) is 27.3. The van der Waals surface area contributed by atoms with Crippen LogP contribution < -0.4 is 5.32 Å². The summed E-state index contributed by atoms with van der Waals surface area (Å²) in [5.41, 5.74) is 16.4. The molecule has 0 unspecified atom stereocenters. The van der Waals surface area contributed by atoms with Crippen molar-refractivity contribution >= 4 is 47.7 Å². The fourth-order valence-corrected chi connectivity index (χ4v) is 15.0. The number of esters is 7. The highest BCUT2D eigenvalue weighted by molar-refractivity contribution is 5.79. The molecule has 0 bridgehead atoms. The minimum atomic E-state index is -3.14. The number of hydrogen-bond acceptors (Lipinski definition) is 30. The van der Waals surface area contributed by atoms with E-state index in [1.54, 1.807) is 60.7 Å². The molecule has 7 aromatic rings. The van der Waals surface area contributed by atoms with Crippen LogP contribution in [0.5, 0.6) is 0 Å². The number of amides is 1. The maximum Gasteiger partial charge on any atom is 0.366 e. The molecule has 124 heavy (non-hydrogen) atoms. The minimum absolute atomic E-state index is 0.0213. The zero-order valence-corrected chi connectivity index (χ0v) is 69.9. The van der Waals surface area contributed by atoms with Gasteiger partial charge in [0.25, 0.3) is 5.79 Å². The fourth-order valence-electron chi connectivity index (χ4n) is 15.0. The molecule has 33 nitrogen and oxygen atoms in total. The van der Waals surface area contributed by atoms with Gasteiger partial charge in [-0.05, 0) is 44.5 Å². The Labute approximate surface area is 717 Å². The summed E-state index contributed by atoms with van der Waals surface area (Å²) in [7, 11) is 0.923. The van der Waals surface area contributed by atoms with Crippen molar-refractivity contribution in [2.75, 3.05) is 33.5 Å². The Morgan fingerprint density at radius 2 is 0.823 bits per heavy atom. The van der Waals surface area contributed by atoms with Crippen molar-refractivity contribution in [2.45, 2.75) is 229 Å². The van der Waals surface area contributed by atoms with Crippen LogP contribution in [0.2, 0.25) is 0 Å². The van der Waals surface area contributed by atoms with Crippen LogP contribution in [0.25, 0.3) is 10.4 Å². The summed E-state index contributed by atoms with van der Waals surface area (Å²) in [6, 6.07) is 61.4. The van der Waals surface area contributed by atoms with E-state index < -0.39 is 202 Å². The fraction of sp³-hybridized carbons (Fsp3) is 0.451. The van der Waals surface area contributed by atoms with Crippen molar-refractivity contribution in [1.29, 1.82) is 0 Å². The van der Waals surface area contributed by atoms with Crippen LogP contribution in [0.1, 0.15) is 93.8 Å². The Balaban J connectivity index is 1.08. The number of hydrogen-bond donors (Lipinski definition) is 1. The molecule has 21 atom stereocenters. The molecule has 4 saturated heterocycles. The van der Waals surface area contributed by atoms with Crippen LogP contribution >= 0.6 is 0 Å². The Bertz CT molecular complexity index is 4570. The SMILES string of the molecule is COC(=O)[C@@]1(O[C@H]2[C@@H](OC(C)=O)[C@@H](COCc3ccccc3)O[C@@H](O[C@H]3[C@H](OCc4ccccc4)[C@@H](N=[N+]=[N-])[C@H](O[C@@H]4[C@@H](OCc5ccccc5)O[C@H](COCc5ccccc5)[C@@H](OCc5ccccc5)[C@@H]4OCc4ccccc4)O[C@@H]3COCc3ccccc3)[C@@H]2OC(C)=O)C[C@H](OC(C)=O)[C@@H](NC(C)=O)[C@H]([C@H](OC(C)=O)[C@@H](COC(C)=O)OC(C)=O)O1. The van der Waals surface area contributed by atoms with E-state index in [2.05, 4.69) is 15.3 Å². The number of nitrogens with one attached hydrogen (secondary N) is 1. The molecule has 4 heterocycles. The van der Waals surface area contributed by atoms with Crippen molar-refractivity contribution in [2.24, 2.45) is 5.11 Å². The average molecular weight is 1720 g/mol. The highest BCUT2D eigenvalue weighted by atomic mass is 16.8. The number of carbonyl (C=O) groups excluding carboxylic acids is 8. The monoisotopic (exact) mass is 1720 g/mol. The molecule has 33 heteroatoms. The Morgan fingerprint density at radius 1 is 0.427 bits per heavy atom. The number of methoxy groups -OCH3 is 1. The number of azide groups is 1. The first-order chi connectivity index (χ1) is 60.0. The molecule has 0 saturated carbocycles. The minimum Gasteiger partial charge on any atom is -0.465 e. The second-order valence-corrected chi connectivity index (χ2v) is 29.8. The smallest absolute Gasteiger partial charge is 0.366 e. The third-order valence-corrected chi connectivity index (χ3v) is 20.3. The van der Waals surface area contributed by atoms with Crippen LogP contribution in [0.3, 0.4) is 0 Å². The summed E-state index contributed by atoms with van der Waals surface area (Å²) >= 11 is 0. The molecular weight excluding hydrogens is 1610 g/mol. The molecule has 4 fully saturated rings. The Kier molecular flexibility index (Phi) is 35.7. The number of carbonyl (C=O) groups is 8. The van der Waals surface area contributed by atoms with Gasteiger partial charge in [0.05, 0.1) is 85.6 Å². The molecule has 0 spiro atoms. The predicted molar refractivity (Wildman–Crippen MR) is 434 cm³/mol. The van der Waals surface area contributed by atoms with Gasteiger partial charge in [0, 0.05) is 53.4 Å². The van der Waals surface area contributed by atoms with E-state index in [1.807, 2.05) is 152 Å². The van der Waals surface area contributed by atoms with E-state index in [9.17, 15) is 39.1 Å². The van der Waals surface area contributed by atoms with Crippen molar-refractivity contribution in [3.05, 3.63) is 262 Å². The molecule has 0 aromatic heterocycles. The highest BCUT2D eigenvalue weighted by Crippen LogP contribution is 2.44. The summed E-state index contributed by atoms with van der Waals surface area (Å²) < 4.78 is 139. The van der Waals surface area contributed by atoms with Gasteiger partial charge in [0.2, 0.25) is 5.91 Å². The van der Waals surface area contributed by atoms with Crippen molar-refractivity contribution < 1.29 is 138 Å². The van der Waals surface area contributed by atoms with Crippen LogP contribution in [-0.2, 0) is 184 Å². The molecule has 0 radical (unpaired) electrons. The van der Waals surface area contributed by atoms with Crippen LogP contribution in [0.4, 0.5) is 0 Å². The maximum atomic E-state index is 15.6. The second-order valence-electron chi connectivity index (χ2n) is 29.8. The second kappa shape index (κ2) is 47.2. The van der Waals surface area contributed by atoms with E-state index in [0.29, 0.717) is 16.7 Å². The predicted octanol–water partition coefficient (Wildman–Crippen LogP) is 10.0. The van der Waals surface area contributed by atoms with Gasteiger partial charge in [0.15, 0.2) is 43.3 Å². The first kappa shape index (κ1) is 93.7. The molecule has 11 rings (SSSR count). The van der Waals surface area contributed by atoms with Crippen LogP contribution in [0.15, 0.2) is 217 Å². The molecule has 7 aromatic carbocycles. The molecule has 4 aliphatic rings. The molecule has 1 amide bonds. The van der Waals surface area contributed by atoms with Crippen LogP contribution in [0, 0.1) is 0 Å². The van der Waals surface area contributed by atoms with Gasteiger partial charge in [-0.3, -0.25) is 33.6 Å². The molecule has 1 N–H and O–H groups in total. The highest BCUT2D eigenvalue weighted by Gasteiger charge is 2.65. The standard InChI is InChI=1S/C91H104N4O29/c1-56(96)93-75-70(113-58(3)98)44-91(90(103)104-8,123-82(75)79(115-60(5)100)74(114-59(4)99)55-108-57(2)97)124-84-80(116-61(6)101)73(54-107-47-65-34-20-11-21-35-65)120-89(86(84)117-62(7)102)121-78-72(53-106-46-64-32-18-10-19-33-64)118-87(76(94-95-92)81(78)110-49-67-38-24-13-25-39-67)122-85-83(111-50-68-40-26-14-27-41-68)77(109-48-66-36-22-12-23-37-66)71(52-105-45-63-30-16-9-17-31-63)119-88(85)112-51-69-42-28-15-29-43-69/h9-43,70-89H,44-55H2,1-8H3,(H,93,96)/t70-,71+,72+,73+,74+,75+,76+,77+,78+,79+,80-,81+,82+,83-,84-,85-,86+,87-,88-,89-,91-/m0/s1. The normalized spacial score (nSPS) is 26.5. The lowest BCUT2D eigenvalue weighted by molar-refractivity contribution is -0.392. The van der Waals surface area contributed by atoms with E-state index in [-0.39, 0.29) is 52.9 Å². The first-order valence-corrected chi connectivity index (χ1v) is 40.5. The lowest BCUT2D eigenvalue weighted by Gasteiger charge is -2.53. The van der Waals surface area contributed by atoms with Crippen molar-refractivity contribution in [3.8, 4) is 0 Å². The average Bonchev–Trinajstić information content (AvgIpc) is 0.742.